The molecule has 9 heteroatoms. The fourth-order valence-electron chi connectivity index (χ4n) is 4.46. The smallest absolute Gasteiger partial charge is 0.338 e. The summed E-state index contributed by atoms with van der Waals surface area (Å²) in [6.45, 7) is 2.14. The second-order valence-corrected chi connectivity index (χ2v) is 8.63. The Kier molecular flexibility index (Phi) is 6.66. The van der Waals surface area contributed by atoms with E-state index < -0.39 is 29.5 Å². The highest BCUT2D eigenvalue weighted by Crippen LogP contribution is 2.42. The number of ether oxygens (including phenoxy) is 2. The van der Waals surface area contributed by atoms with Gasteiger partial charge in [-0.2, -0.15) is 0 Å². The lowest BCUT2D eigenvalue weighted by molar-refractivity contribution is -0.117. The molecule has 38 heavy (non-hydrogen) atoms. The Morgan fingerprint density at radius 3 is 2.66 bits per heavy atom. The molecule has 0 spiro atoms. The van der Waals surface area contributed by atoms with Crippen molar-refractivity contribution in [1.82, 2.24) is 4.98 Å². The molecule has 1 aliphatic rings. The lowest BCUT2D eigenvalue weighted by Gasteiger charge is -2.26. The molecule has 1 aliphatic heterocycles. The third-order valence-electron chi connectivity index (χ3n) is 6.20. The number of amides is 1. The molecule has 5 rings (SSSR count). The highest BCUT2D eigenvalue weighted by atomic mass is 16.5. The van der Waals surface area contributed by atoms with Gasteiger partial charge in [-0.3, -0.25) is 19.5 Å². The van der Waals surface area contributed by atoms with E-state index in [1.165, 1.54) is 30.3 Å². The summed E-state index contributed by atoms with van der Waals surface area (Å²) in [5.74, 6) is -2.33. The number of ketones is 1. The summed E-state index contributed by atoms with van der Waals surface area (Å²) in [6, 6.07) is 15.4. The van der Waals surface area contributed by atoms with Crippen LogP contribution in [0, 0.1) is 0 Å². The normalized spacial score (nSPS) is 15.3. The van der Waals surface area contributed by atoms with Crippen LogP contribution in [-0.2, 0) is 9.53 Å². The van der Waals surface area contributed by atoms with Crippen LogP contribution in [0.1, 0.15) is 45.9 Å². The zero-order chi connectivity index (χ0) is 26.8. The van der Waals surface area contributed by atoms with Crippen molar-refractivity contribution in [3.8, 4) is 5.75 Å². The van der Waals surface area contributed by atoms with E-state index in [4.69, 9.17) is 13.9 Å². The Morgan fingerprint density at radius 2 is 1.92 bits per heavy atom. The highest BCUT2D eigenvalue weighted by Gasteiger charge is 2.45. The number of carbonyl (C=O) groups excluding carboxylic acids is 3. The molecule has 2 aromatic carbocycles. The Bertz CT molecular complexity index is 1570. The van der Waals surface area contributed by atoms with E-state index >= 15 is 0 Å². The van der Waals surface area contributed by atoms with Crippen LogP contribution in [0.2, 0.25) is 0 Å². The van der Waals surface area contributed by atoms with Crippen molar-refractivity contribution in [3.05, 3.63) is 101 Å². The summed E-state index contributed by atoms with van der Waals surface area (Å²) < 4.78 is 16.4. The summed E-state index contributed by atoms with van der Waals surface area (Å²) in [5, 5.41) is 11.6. The zero-order valence-electron chi connectivity index (χ0n) is 20.7. The number of carbonyl (C=O) groups is 3. The number of rotatable bonds is 8. The molecule has 0 fully saturated rings. The number of aromatic nitrogens is 1. The monoisotopic (exact) mass is 512 g/mol. The molecule has 0 radical (unpaired) electrons. The van der Waals surface area contributed by atoms with E-state index in [2.05, 4.69) is 4.98 Å². The minimum absolute atomic E-state index is 0.0634. The van der Waals surface area contributed by atoms with Crippen molar-refractivity contribution in [2.75, 3.05) is 18.6 Å². The maximum absolute atomic E-state index is 13.8. The lowest BCUT2D eigenvalue weighted by Crippen LogP contribution is -2.31. The number of pyridine rings is 1. The molecule has 9 nitrogen and oxygen atoms in total. The fourth-order valence-corrected chi connectivity index (χ4v) is 4.46. The molecule has 0 aliphatic carbocycles. The Labute approximate surface area is 217 Å². The van der Waals surface area contributed by atoms with Gasteiger partial charge >= 0.3 is 5.97 Å². The Hall–Kier alpha value is -4.92. The van der Waals surface area contributed by atoms with E-state index in [9.17, 15) is 19.5 Å². The van der Waals surface area contributed by atoms with Gasteiger partial charge in [0.2, 0.25) is 5.78 Å². The number of fused-ring (bicyclic) bond motifs is 1. The topological polar surface area (TPSA) is 119 Å². The molecule has 1 unspecified atom stereocenters. The van der Waals surface area contributed by atoms with Crippen LogP contribution in [0.5, 0.6) is 5.75 Å². The SMILES string of the molecule is CCCOC(=O)c1cccc(N2C(=O)C(O)=C(C(=O)c3cc4cccc(OC)c4o3)C2c2cccnc2)c1. The first-order valence-electron chi connectivity index (χ1n) is 12.0. The van der Waals surface area contributed by atoms with E-state index in [-0.39, 0.29) is 23.5 Å². The van der Waals surface area contributed by atoms with Gasteiger partial charge in [-0.25, -0.2) is 4.79 Å². The van der Waals surface area contributed by atoms with Crippen LogP contribution in [0.4, 0.5) is 5.69 Å². The number of para-hydroxylation sites is 1. The van der Waals surface area contributed by atoms with Crippen LogP contribution >= 0.6 is 0 Å². The van der Waals surface area contributed by atoms with E-state index in [1.807, 2.05) is 6.92 Å². The molecular weight excluding hydrogens is 488 g/mol. The number of anilines is 1. The number of furan rings is 1. The number of esters is 1. The molecular formula is C29H24N2O7. The number of aliphatic hydroxyl groups is 1. The van der Waals surface area contributed by atoms with Gasteiger partial charge in [0.05, 0.1) is 30.9 Å². The van der Waals surface area contributed by atoms with Gasteiger partial charge in [0.25, 0.3) is 5.91 Å². The number of benzene rings is 2. The average Bonchev–Trinajstić information content (AvgIpc) is 3.51. The quantitative estimate of drug-likeness (QED) is 0.253. The second kappa shape index (κ2) is 10.2. The molecule has 192 valence electrons. The fraction of sp³-hybridized carbons (Fsp3) is 0.172. The molecule has 0 saturated heterocycles. The third kappa shape index (κ3) is 4.28. The number of nitrogens with zero attached hydrogens (tertiary/aromatic N) is 2. The lowest BCUT2D eigenvalue weighted by atomic mass is 9.95. The van der Waals surface area contributed by atoms with Gasteiger partial charge in [-0.15, -0.1) is 0 Å². The predicted octanol–water partition coefficient (Wildman–Crippen LogP) is 5.19. The minimum atomic E-state index is -1.03. The summed E-state index contributed by atoms with van der Waals surface area (Å²) in [5.41, 5.74) is 1.23. The summed E-state index contributed by atoms with van der Waals surface area (Å²) >= 11 is 0. The maximum atomic E-state index is 13.8. The highest BCUT2D eigenvalue weighted by molar-refractivity contribution is 6.21. The van der Waals surface area contributed by atoms with Crippen molar-refractivity contribution in [2.24, 2.45) is 0 Å². The van der Waals surface area contributed by atoms with Gasteiger partial charge < -0.3 is 19.0 Å². The van der Waals surface area contributed by atoms with E-state index in [0.29, 0.717) is 34.4 Å². The van der Waals surface area contributed by atoms with Crippen molar-refractivity contribution in [1.29, 1.82) is 0 Å². The Balaban J connectivity index is 1.60. The molecule has 1 amide bonds. The standard InChI is InChI=1S/C29H24N2O7/c1-3-13-37-29(35)18-8-4-10-20(14-18)31-24(19-9-6-12-30-16-19)23(26(33)28(31)34)25(32)22-15-17-7-5-11-21(36-2)27(17)38-22/h4-12,14-16,24,33H,3,13H2,1-2H3. The first-order valence-corrected chi connectivity index (χ1v) is 12.0. The number of hydrogen-bond acceptors (Lipinski definition) is 8. The van der Waals surface area contributed by atoms with Gasteiger partial charge in [0.15, 0.2) is 22.9 Å². The molecule has 0 saturated carbocycles. The summed E-state index contributed by atoms with van der Waals surface area (Å²) in [4.78, 5) is 45.1. The summed E-state index contributed by atoms with van der Waals surface area (Å²) in [6.07, 6.45) is 3.74. The number of aliphatic hydroxyl groups excluding tert-OH is 1. The minimum Gasteiger partial charge on any atom is -0.503 e. The largest absolute Gasteiger partial charge is 0.503 e. The average molecular weight is 513 g/mol. The first kappa shape index (κ1) is 24.8. The van der Waals surface area contributed by atoms with Crippen LogP contribution in [-0.4, -0.2) is 41.5 Å². The summed E-state index contributed by atoms with van der Waals surface area (Å²) in [7, 11) is 1.49. The maximum Gasteiger partial charge on any atom is 0.338 e. The van der Waals surface area contributed by atoms with Crippen molar-refractivity contribution < 1.29 is 33.4 Å². The van der Waals surface area contributed by atoms with Gasteiger partial charge in [0.1, 0.15) is 0 Å². The Morgan fingerprint density at radius 1 is 1.11 bits per heavy atom. The number of hydrogen-bond donors (Lipinski definition) is 1. The number of methoxy groups -OCH3 is 1. The molecule has 0 bridgehead atoms. The second-order valence-electron chi connectivity index (χ2n) is 8.63. The first-order chi connectivity index (χ1) is 18.4. The molecule has 4 aromatic rings. The molecule has 2 aromatic heterocycles. The molecule has 1 N–H and O–H groups in total. The van der Waals surface area contributed by atoms with Crippen LogP contribution < -0.4 is 9.64 Å². The van der Waals surface area contributed by atoms with Crippen LogP contribution in [0.3, 0.4) is 0 Å². The molecule has 1 atom stereocenters. The zero-order valence-corrected chi connectivity index (χ0v) is 20.7. The predicted molar refractivity (Wildman–Crippen MR) is 138 cm³/mol. The van der Waals surface area contributed by atoms with E-state index in [1.54, 1.807) is 54.7 Å². The van der Waals surface area contributed by atoms with E-state index in [0.717, 1.165) is 0 Å². The molecule has 3 heterocycles. The van der Waals surface area contributed by atoms with Crippen molar-refractivity contribution in [2.45, 2.75) is 19.4 Å². The van der Waals surface area contributed by atoms with Gasteiger partial charge in [-0.1, -0.05) is 31.2 Å². The van der Waals surface area contributed by atoms with Gasteiger partial charge in [0, 0.05) is 23.5 Å². The van der Waals surface area contributed by atoms with Crippen LogP contribution in [0.15, 0.2) is 88.8 Å². The van der Waals surface area contributed by atoms with Gasteiger partial charge in [-0.05, 0) is 48.4 Å². The third-order valence-corrected chi connectivity index (χ3v) is 6.20. The van der Waals surface area contributed by atoms with Crippen molar-refractivity contribution in [3.63, 3.8) is 0 Å². The van der Waals surface area contributed by atoms with Crippen molar-refractivity contribution >= 4 is 34.3 Å². The van der Waals surface area contributed by atoms with Crippen LogP contribution in [0.25, 0.3) is 11.0 Å². The number of Topliss-reactive ketones (excluding diaryl/α,β-unsaturated/α-hetero) is 1.